The van der Waals surface area contributed by atoms with E-state index in [0.29, 0.717) is 6.07 Å². The van der Waals surface area contributed by atoms with E-state index in [1.54, 1.807) is 0 Å². The van der Waals surface area contributed by atoms with Crippen LogP contribution in [0.4, 0.5) is 35.1 Å². The number of fused-ring (bicyclic) bond motifs is 3. The molecule has 234 valence electrons. The van der Waals surface area contributed by atoms with Crippen molar-refractivity contribution >= 4 is 11.8 Å². The number of carbonyl (C=O) groups is 2. The first kappa shape index (κ1) is 30.2. The molecule has 2 aliphatic rings. The van der Waals surface area contributed by atoms with Crippen LogP contribution in [-0.2, 0) is 30.4 Å². The summed E-state index contributed by atoms with van der Waals surface area (Å²) in [5, 5.41) is 6.08. The third-order valence-corrected chi connectivity index (χ3v) is 8.00. The Kier molecular flexibility index (Phi) is 7.16. The van der Waals surface area contributed by atoms with Crippen LogP contribution >= 0.6 is 0 Å². The van der Waals surface area contributed by atoms with Gasteiger partial charge < -0.3 is 11.1 Å². The number of pyridine rings is 1. The molecule has 0 saturated heterocycles. The van der Waals surface area contributed by atoms with Crippen LogP contribution in [0, 0.1) is 23.4 Å². The number of nitrogens with one attached hydrogen (secondary N) is 1. The van der Waals surface area contributed by atoms with E-state index < -0.39 is 89.0 Å². The number of hydrogen-bond acceptors (Lipinski definition) is 4. The summed E-state index contributed by atoms with van der Waals surface area (Å²) in [6.45, 7) is -0.790. The lowest BCUT2D eigenvalue weighted by molar-refractivity contribution is -0.142. The molecule has 2 amide bonds. The van der Waals surface area contributed by atoms with Crippen molar-refractivity contribution in [1.29, 1.82) is 0 Å². The van der Waals surface area contributed by atoms with Gasteiger partial charge in [0, 0.05) is 35.0 Å². The van der Waals surface area contributed by atoms with Crippen LogP contribution in [0.25, 0.3) is 11.1 Å². The first-order chi connectivity index (χ1) is 21.1. The van der Waals surface area contributed by atoms with Crippen LogP contribution in [0.1, 0.15) is 50.5 Å². The molecule has 1 saturated carbocycles. The lowest BCUT2D eigenvalue weighted by Gasteiger charge is -2.22. The zero-order valence-corrected chi connectivity index (χ0v) is 22.8. The fourth-order valence-corrected chi connectivity index (χ4v) is 6.02. The molecule has 4 aromatic rings. The van der Waals surface area contributed by atoms with E-state index in [1.807, 2.05) is 0 Å². The van der Waals surface area contributed by atoms with E-state index in [9.17, 15) is 44.7 Å². The van der Waals surface area contributed by atoms with Gasteiger partial charge in [-0.15, -0.1) is 0 Å². The van der Waals surface area contributed by atoms with Crippen molar-refractivity contribution in [2.45, 2.75) is 43.4 Å². The summed E-state index contributed by atoms with van der Waals surface area (Å²) in [4.78, 5) is 29.4. The molecule has 15 heteroatoms. The van der Waals surface area contributed by atoms with Crippen LogP contribution < -0.4 is 11.1 Å². The monoisotopic (exact) mass is 635 g/mol. The molecule has 3 N–H and O–H groups in total. The SMILES string of the molecule is NC(=O)c1cc(-c2cccnc2[C@H](Cc2cc(F)cc(F)c2)NC(=O)Cn2nc(C(F)(F)F)c3c2CC2C3C2(F)F)ccc1F. The van der Waals surface area contributed by atoms with Gasteiger partial charge in [0.1, 0.15) is 24.0 Å². The predicted octanol–water partition coefficient (Wildman–Crippen LogP) is 5.49. The fraction of sp³-hybridized carbons (Fsp3) is 0.267. The second-order valence-electron chi connectivity index (χ2n) is 10.9. The molecule has 0 radical (unpaired) electrons. The Labute approximate surface area is 249 Å². The minimum absolute atomic E-state index is 0.0768. The minimum atomic E-state index is -5.04. The number of rotatable bonds is 8. The molecule has 2 aromatic heterocycles. The van der Waals surface area contributed by atoms with Gasteiger partial charge in [0.25, 0.3) is 11.8 Å². The molecule has 2 unspecified atom stereocenters. The number of hydrogen-bond donors (Lipinski definition) is 2. The largest absolute Gasteiger partial charge is 0.435 e. The first-order valence-electron chi connectivity index (χ1n) is 13.5. The maximum atomic E-state index is 14.2. The Morgan fingerprint density at radius 1 is 1.07 bits per heavy atom. The van der Waals surface area contributed by atoms with Gasteiger partial charge in [0.15, 0.2) is 5.69 Å². The lowest BCUT2D eigenvalue weighted by atomic mass is 9.94. The summed E-state index contributed by atoms with van der Waals surface area (Å²) in [5.74, 6) is -10.9. The number of amides is 2. The normalized spacial score (nSPS) is 18.7. The zero-order chi connectivity index (χ0) is 32.4. The average molecular weight is 636 g/mol. The van der Waals surface area contributed by atoms with Crippen LogP contribution in [-0.4, -0.2) is 32.5 Å². The van der Waals surface area contributed by atoms with Gasteiger partial charge in [0.05, 0.1) is 23.2 Å². The van der Waals surface area contributed by atoms with Gasteiger partial charge in [-0.05, 0) is 54.3 Å². The van der Waals surface area contributed by atoms with E-state index in [2.05, 4.69) is 15.4 Å². The maximum Gasteiger partial charge on any atom is 0.435 e. The molecule has 3 atom stereocenters. The van der Waals surface area contributed by atoms with E-state index in [-0.39, 0.29) is 34.5 Å². The molecule has 0 spiro atoms. The number of alkyl halides is 5. The van der Waals surface area contributed by atoms with E-state index in [0.717, 1.165) is 28.9 Å². The highest BCUT2D eigenvalue weighted by molar-refractivity contribution is 5.94. The Balaban J connectivity index is 1.36. The van der Waals surface area contributed by atoms with Crippen LogP contribution in [0.3, 0.4) is 0 Å². The number of aromatic nitrogens is 3. The van der Waals surface area contributed by atoms with Gasteiger partial charge in [-0.2, -0.15) is 18.3 Å². The Bertz CT molecular complexity index is 1830. The van der Waals surface area contributed by atoms with Crippen molar-refractivity contribution in [2.75, 3.05) is 0 Å². The molecule has 1 fully saturated rings. The van der Waals surface area contributed by atoms with Gasteiger partial charge in [-0.25, -0.2) is 22.0 Å². The summed E-state index contributed by atoms with van der Waals surface area (Å²) >= 11 is 0. The van der Waals surface area contributed by atoms with Crippen LogP contribution in [0.15, 0.2) is 54.7 Å². The number of primary amides is 1. The molecule has 6 rings (SSSR count). The summed E-state index contributed by atoms with van der Waals surface area (Å²) in [6, 6.07) is 7.96. The van der Waals surface area contributed by atoms with Crippen LogP contribution in [0.5, 0.6) is 0 Å². The van der Waals surface area contributed by atoms with Crippen LogP contribution in [0.2, 0.25) is 0 Å². The third-order valence-electron chi connectivity index (χ3n) is 8.00. The number of benzene rings is 2. The summed E-state index contributed by atoms with van der Waals surface area (Å²) in [7, 11) is 0. The maximum absolute atomic E-state index is 14.2. The second kappa shape index (κ2) is 10.7. The molecule has 2 aliphatic carbocycles. The highest BCUT2D eigenvalue weighted by atomic mass is 19.4. The quantitative estimate of drug-likeness (QED) is 0.250. The highest BCUT2D eigenvalue weighted by Gasteiger charge is 2.74. The topological polar surface area (TPSA) is 103 Å². The van der Waals surface area contributed by atoms with Crippen molar-refractivity contribution in [3.63, 3.8) is 0 Å². The third kappa shape index (κ3) is 5.51. The molecule has 45 heavy (non-hydrogen) atoms. The Morgan fingerprint density at radius 3 is 2.44 bits per heavy atom. The number of carbonyl (C=O) groups excluding carboxylic acids is 2. The van der Waals surface area contributed by atoms with Crippen molar-refractivity contribution in [1.82, 2.24) is 20.1 Å². The second-order valence-corrected chi connectivity index (χ2v) is 10.9. The van der Waals surface area contributed by atoms with Crippen molar-refractivity contribution in [3.8, 4) is 11.1 Å². The first-order valence-corrected chi connectivity index (χ1v) is 13.5. The predicted molar refractivity (Wildman–Crippen MR) is 141 cm³/mol. The minimum Gasteiger partial charge on any atom is -0.366 e. The Hall–Kier alpha value is -4.82. The fourth-order valence-electron chi connectivity index (χ4n) is 6.02. The average Bonchev–Trinajstić information content (AvgIpc) is 3.23. The van der Waals surface area contributed by atoms with Gasteiger partial charge in [-0.1, -0.05) is 12.1 Å². The molecule has 7 nitrogen and oxygen atoms in total. The Morgan fingerprint density at radius 2 is 1.78 bits per heavy atom. The summed E-state index contributed by atoms with van der Waals surface area (Å²) in [5.41, 5.74) is 3.32. The van der Waals surface area contributed by atoms with E-state index >= 15 is 0 Å². The standard InChI is InChI=1S/C30H21F8N5O2/c31-15-6-13(7-16(32)10-15)8-21(26-17(2-1-5-40-26)14-3-4-20(33)18(9-14)28(39)45)41-23(44)12-43-22-11-19-25(29(19,34)35)24(22)27(42-43)30(36,37)38/h1-7,9-10,19,21,25H,8,11-12H2,(H2,39,45)(H,41,44)/t19?,21-,25?/m0/s1. The number of nitrogens with two attached hydrogens (primary N) is 1. The molecular formula is C30H21F8N5O2. The summed E-state index contributed by atoms with van der Waals surface area (Å²) < 4.78 is 112. The van der Waals surface area contributed by atoms with Gasteiger partial charge in [0.2, 0.25) is 5.91 Å². The van der Waals surface area contributed by atoms with Crippen molar-refractivity contribution < 1.29 is 44.7 Å². The lowest BCUT2D eigenvalue weighted by Crippen LogP contribution is -2.34. The summed E-state index contributed by atoms with van der Waals surface area (Å²) in [6.07, 6.45) is -4.36. The van der Waals surface area contributed by atoms with Crippen molar-refractivity contribution in [2.24, 2.45) is 11.7 Å². The molecule has 0 bridgehead atoms. The van der Waals surface area contributed by atoms with Crippen molar-refractivity contribution in [3.05, 3.63) is 106 Å². The number of nitrogens with zero attached hydrogens (tertiary/aromatic N) is 3. The molecule has 2 heterocycles. The van der Waals surface area contributed by atoms with E-state index in [4.69, 9.17) is 5.73 Å². The highest BCUT2D eigenvalue weighted by Crippen LogP contribution is 2.68. The zero-order valence-electron chi connectivity index (χ0n) is 22.8. The smallest absolute Gasteiger partial charge is 0.366 e. The number of halogens is 8. The van der Waals surface area contributed by atoms with E-state index in [1.165, 1.54) is 24.4 Å². The van der Waals surface area contributed by atoms with Gasteiger partial charge in [-0.3, -0.25) is 19.3 Å². The molecule has 0 aliphatic heterocycles. The molecule has 2 aromatic carbocycles. The molecular weight excluding hydrogens is 614 g/mol. The van der Waals surface area contributed by atoms with Gasteiger partial charge >= 0.3 is 6.18 Å².